The lowest BCUT2D eigenvalue weighted by molar-refractivity contribution is -0.140. The van der Waals surface area contributed by atoms with Crippen molar-refractivity contribution in [1.82, 2.24) is 9.62 Å². The van der Waals surface area contributed by atoms with Crippen LogP contribution in [-0.2, 0) is 14.8 Å². The van der Waals surface area contributed by atoms with Crippen LogP contribution in [0.1, 0.15) is 42.6 Å². The Labute approximate surface area is 148 Å². The summed E-state index contributed by atoms with van der Waals surface area (Å²) in [5.41, 5.74) is 0.762. The minimum absolute atomic E-state index is 0.0570. The molecular weight excluding hydrogens is 344 g/mol. The topological polar surface area (TPSA) is 104 Å². The van der Waals surface area contributed by atoms with E-state index >= 15 is 0 Å². The van der Waals surface area contributed by atoms with E-state index in [1.807, 2.05) is 0 Å². The van der Waals surface area contributed by atoms with Crippen molar-refractivity contribution in [2.75, 3.05) is 13.1 Å². The van der Waals surface area contributed by atoms with Crippen LogP contribution >= 0.6 is 0 Å². The van der Waals surface area contributed by atoms with Gasteiger partial charge < -0.3 is 10.4 Å². The number of sulfonamides is 1. The Morgan fingerprint density at radius 2 is 1.80 bits per heavy atom. The lowest BCUT2D eigenvalue weighted by Crippen LogP contribution is -2.44. The Morgan fingerprint density at radius 1 is 1.20 bits per heavy atom. The molecule has 1 atom stereocenters. The Hall–Kier alpha value is -1.93. The molecule has 25 heavy (non-hydrogen) atoms. The number of carbonyl (C=O) groups excluding carboxylic acids is 1. The number of carboxylic acid groups (broad SMARTS) is 1. The molecule has 2 N–H and O–H groups in total. The van der Waals surface area contributed by atoms with Gasteiger partial charge in [0.1, 0.15) is 6.04 Å². The largest absolute Gasteiger partial charge is 0.480 e. The number of amides is 1. The molecule has 1 aliphatic heterocycles. The number of aliphatic carboxylic acids is 1. The fraction of sp³-hybridized carbons (Fsp3) is 0.529. The SMILES string of the molecule is Cc1ccc(S(=O)(=O)N2CCCC2)cc1C(=O)N[C@@H](C(=O)O)C(C)C. The number of nitrogens with zero attached hydrogens (tertiary/aromatic N) is 1. The minimum Gasteiger partial charge on any atom is -0.480 e. The third-order valence-electron chi connectivity index (χ3n) is 4.38. The van der Waals surface area contributed by atoms with E-state index in [0.717, 1.165) is 12.8 Å². The molecule has 0 radical (unpaired) electrons. The van der Waals surface area contributed by atoms with Crippen molar-refractivity contribution in [3.05, 3.63) is 29.3 Å². The molecule has 0 spiro atoms. The summed E-state index contributed by atoms with van der Waals surface area (Å²) in [5, 5.41) is 11.7. The molecule has 1 aliphatic rings. The van der Waals surface area contributed by atoms with Crippen LogP contribution in [0.25, 0.3) is 0 Å². The number of benzene rings is 1. The molecule has 1 aromatic rings. The highest BCUT2D eigenvalue weighted by Gasteiger charge is 2.29. The van der Waals surface area contributed by atoms with Gasteiger partial charge in [-0.05, 0) is 43.4 Å². The van der Waals surface area contributed by atoms with Gasteiger partial charge in [-0.3, -0.25) is 4.79 Å². The summed E-state index contributed by atoms with van der Waals surface area (Å²) in [6, 6.07) is 3.35. The molecule has 0 aromatic heterocycles. The van der Waals surface area contributed by atoms with Gasteiger partial charge in [0.2, 0.25) is 10.0 Å². The molecule has 2 rings (SSSR count). The van der Waals surface area contributed by atoms with Gasteiger partial charge in [-0.15, -0.1) is 0 Å². The summed E-state index contributed by atoms with van der Waals surface area (Å²) in [6.07, 6.45) is 1.65. The van der Waals surface area contributed by atoms with Crippen molar-refractivity contribution in [1.29, 1.82) is 0 Å². The van der Waals surface area contributed by atoms with E-state index in [0.29, 0.717) is 18.7 Å². The van der Waals surface area contributed by atoms with Gasteiger partial charge in [0, 0.05) is 18.7 Å². The lowest BCUT2D eigenvalue weighted by Gasteiger charge is -2.20. The van der Waals surface area contributed by atoms with Gasteiger partial charge in [-0.2, -0.15) is 4.31 Å². The van der Waals surface area contributed by atoms with E-state index < -0.39 is 27.9 Å². The van der Waals surface area contributed by atoms with Crippen molar-refractivity contribution >= 4 is 21.9 Å². The van der Waals surface area contributed by atoms with Crippen LogP contribution in [-0.4, -0.2) is 48.8 Å². The maximum absolute atomic E-state index is 12.7. The summed E-state index contributed by atoms with van der Waals surface area (Å²) in [6.45, 7) is 6.03. The molecule has 8 heteroatoms. The van der Waals surface area contributed by atoms with Gasteiger partial charge in [0.15, 0.2) is 0 Å². The first-order valence-corrected chi connectivity index (χ1v) is 9.73. The highest BCUT2D eigenvalue weighted by Crippen LogP contribution is 2.23. The van der Waals surface area contributed by atoms with Crippen molar-refractivity contribution in [3.8, 4) is 0 Å². The number of hydrogen-bond donors (Lipinski definition) is 2. The number of carbonyl (C=O) groups is 2. The second kappa shape index (κ2) is 7.53. The highest BCUT2D eigenvalue weighted by molar-refractivity contribution is 7.89. The predicted molar refractivity (Wildman–Crippen MR) is 92.9 cm³/mol. The third kappa shape index (κ3) is 4.19. The summed E-state index contributed by atoms with van der Waals surface area (Å²) < 4.78 is 26.7. The fourth-order valence-electron chi connectivity index (χ4n) is 2.82. The molecule has 1 heterocycles. The van der Waals surface area contributed by atoms with Crippen molar-refractivity contribution in [3.63, 3.8) is 0 Å². The molecule has 1 aromatic carbocycles. The monoisotopic (exact) mass is 368 g/mol. The fourth-order valence-corrected chi connectivity index (χ4v) is 4.36. The summed E-state index contributed by atoms with van der Waals surface area (Å²) >= 11 is 0. The standard InChI is InChI=1S/C17H24N2O5S/c1-11(2)15(17(21)22)18-16(20)14-10-13(7-6-12(14)3)25(23,24)19-8-4-5-9-19/h6-7,10-11,15H,4-5,8-9H2,1-3H3,(H,18,20)(H,21,22)/t15-/m1/s1. The molecular formula is C17H24N2O5S. The lowest BCUT2D eigenvalue weighted by atomic mass is 10.0. The quantitative estimate of drug-likeness (QED) is 0.794. The average Bonchev–Trinajstić information content (AvgIpc) is 3.07. The zero-order valence-corrected chi connectivity index (χ0v) is 15.5. The zero-order valence-electron chi connectivity index (χ0n) is 14.7. The van der Waals surface area contributed by atoms with Crippen LogP contribution in [0, 0.1) is 12.8 Å². The van der Waals surface area contributed by atoms with Crippen molar-refractivity contribution in [2.24, 2.45) is 5.92 Å². The van der Waals surface area contributed by atoms with Gasteiger partial charge in [0.25, 0.3) is 5.91 Å². The first kappa shape index (κ1) is 19.4. The Bertz CT molecular complexity index is 767. The van der Waals surface area contributed by atoms with Gasteiger partial charge in [0.05, 0.1) is 4.90 Å². The number of nitrogens with one attached hydrogen (secondary N) is 1. The molecule has 0 saturated carbocycles. The molecule has 0 aliphatic carbocycles. The van der Waals surface area contributed by atoms with Crippen molar-refractivity contribution < 1.29 is 23.1 Å². The molecule has 0 unspecified atom stereocenters. The number of hydrogen-bond acceptors (Lipinski definition) is 4. The Balaban J connectivity index is 2.32. The summed E-state index contributed by atoms with van der Waals surface area (Å²) in [5.74, 6) is -2.00. The molecule has 1 amide bonds. The van der Waals surface area contributed by atoms with E-state index in [4.69, 9.17) is 0 Å². The second-order valence-electron chi connectivity index (χ2n) is 6.62. The van der Waals surface area contributed by atoms with Gasteiger partial charge >= 0.3 is 5.97 Å². The zero-order chi connectivity index (χ0) is 18.8. The van der Waals surface area contributed by atoms with Crippen LogP contribution in [0.2, 0.25) is 0 Å². The van der Waals surface area contributed by atoms with Gasteiger partial charge in [-0.25, -0.2) is 13.2 Å². The van der Waals surface area contributed by atoms with Gasteiger partial charge in [-0.1, -0.05) is 19.9 Å². The normalized spacial score (nSPS) is 16.8. The second-order valence-corrected chi connectivity index (χ2v) is 8.56. The average molecular weight is 368 g/mol. The Morgan fingerprint density at radius 3 is 2.32 bits per heavy atom. The molecule has 7 nitrogen and oxygen atoms in total. The minimum atomic E-state index is -3.64. The maximum atomic E-state index is 12.7. The Kier molecular flexibility index (Phi) is 5.84. The van der Waals surface area contributed by atoms with E-state index in [1.165, 1.54) is 16.4 Å². The number of rotatable bonds is 6. The highest BCUT2D eigenvalue weighted by atomic mass is 32.2. The van der Waals surface area contributed by atoms with E-state index in [1.54, 1.807) is 26.8 Å². The van der Waals surface area contributed by atoms with E-state index in [9.17, 15) is 23.1 Å². The molecule has 138 valence electrons. The van der Waals surface area contributed by atoms with Crippen molar-refractivity contribution in [2.45, 2.75) is 44.6 Å². The van der Waals surface area contributed by atoms with Crippen LogP contribution < -0.4 is 5.32 Å². The van der Waals surface area contributed by atoms with Crippen LogP contribution in [0.5, 0.6) is 0 Å². The van der Waals surface area contributed by atoms with Crippen LogP contribution in [0.15, 0.2) is 23.1 Å². The van der Waals surface area contributed by atoms with E-state index in [-0.39, 0.29) is 16.4 Å². The predicted octanol–water partition coefficient (Wildman–Crippen LogP) is 1.62. The maximum Gasteiger partial charge on any atom is 0.326 e. The molecule has 1 fully saturated rings. The smallest absolute Gasteiger partial charge is 0.326 e. The molecule has 1 saturated heterocycles. The summed E-state index contributed by atoms with van der Waals surface area (Å²) in [4.78, 5) is 23.8. The van der Waals surface area contributed by atoms with Crippen LogP contribution in [0.4, 0.5) is 0 Å². The first-order valence-electron chi connectivity index (χ1n) is 8.29. The van der Waals surface area contributed by atoms with Crippen LogP contribution in [0.3, 0.4) is 0 Å². The third-order valence-corrected chi connectivity index (χ3v) is 6.27. The van der Waals surface area contributed by atoms with E-state index in [2.05, 4.69) is 5.32 Å². The summed E-state index contributed by atoms with van der Waals surface area (Å²) in [7, 11) is -3.64. The molecule has 0 bridgehead atoms. The number of carboxylic acids is 1. The number of aryl methyl sites for hydroxylation is 1. The first-order chi connectivity index (χ1) is 11.6.